The Balaban J connectivity index is 0. The van der Waals surface area contributed by atoms with Crippen molar-refractivity contribution in [1.82, 2.24) is 0 Å². The molecule has 0 bridgehead atoms. The van der Waals surface area contributed by atoms with E-state index in [0.717, 1.165) is 12.8 Å². The normalized spacial score (nSPS) is 10.9. The van der Waals surface area contributed by atoms with Crippen molar-refractivity contribution < 1.29 is 36.0 Å². The predicted molar refractivity (Wildman–Crippen MR) is 110 cm³/mol. The second-order valence-corrected chi connectivity index (χ2v) is 8.14. The maximum atomic E-state index is 12.0. The Hall–Kier alpha value is -1.07. The van der Waals surface area contributed by atoms with Crippen molar-refractivity contribution in [1.29, 1.82) is 0 Å². The summed E-state index contributed by atoms with van der Waals surface area (Å²) in [6.45, 7) is 9.02. The number of ether oxygens (including phenoxy) is 2. The minimum atomic E-state index is -0.390. The summed E-state index contributed by atoms with van der Waals surface area (Å²) in [7, 11) is 3.85. The molecule has 0 fully saturated rings. The van der Waals surface area contributed by atoms with E-state index in [-0.39, 0.29) is 31.5 Å². The van der Waals surface area contributed by atoms with E-state index in [1.54, 1.807) is 6.92 Å². The van der Waals surface area contributed by atoms with Crippen LogP contribution >= 0.6 is 0 Å². The summed E-state index contributed by atoms with van der Waals surface area (Å²) in [5, 5.41) is 0. The highest BCUT2D eigenvalue weighted by Crippen LogP contribution is 2.10. The first-order valence-corrected chi connectivity index (χ1v) is 10.6. The molecule has 0 heterocycles. The van der Waals surface area contributed by atoms with E-state index in [0.29, 0.717) is 23.2 Å². The van der Waals surface area contributed by atoms with Gasteiger partial charge in [0.2, 0.25) is 0 Å². The monoisotopic (exact) mass is 419 g/mol. The third-order valence-electron chi connectivity index (χ3n) is 4.60. The molecule has 0 aliphatic carbocycles. The standard InChI is InChI=1S/C22H42NO4.ClH/c1-6-7-8-9-10-11-12-13-14-15-17-26-21(24)19-23(4,5)16-18-27-22(25)20(2)3;/h2,6-19H2,1,3-5H3;1H/q+1;/p-1. The molecule has 0 unspecified atom stereocenters. The van der Waals surface area contributed by atoms with Gasteiger partial charge in [0.1, 0.15) is 13.2 Å². The van der Waals surface area contributed by atoms with Crippen LogP contribution in [-0.2, 0) is 19.1 Å². The van der Waals surface area contributed by atoms with Crippen molar-refractivity contribution in [3.05, 3.63) is 12.2 Å². The van der Waals surface area contributed by atoms with E-state index in [9.17, 15) is 9.59 Å². The molecule has 0 saturated heterocycles. The molecule has 0 amide bonds. The van der Waals surface area contributed by atoms with E-state index < -0.39 is 5.97 Å². The second-order valence-electron chi connectivity index (χ2n) is 8.14. The van der Waals surface area contributed by atoms with E-state index in [1.807, 2.05) is 14.1 Å². The van der Waals surface area contributed by atoms with Gasteiger partial charge in [-0.2, -0.15) is 0 Å². The highest BCUT2D eigenvalue weighted by Gasteiger charge is 2.21. The zero-order chi connectivity index (χ0) is 20.5. The minimum Gasteiger partial charge on any atom is -1.00 e. The Bertz CT molecular complexity index is 438. The molecule has 0 N–H and O–H groups in total. The maximum Gasteiger partial charge on any atom is 0.361 e. The van der Waals surface area contributed by atoms with Crippen molar-refractivity contribution in [2.75, 3.05) is 40.4 Å². The molecule has 0 atom stereocenters. The van der Waals surface area contributed by atoms with Gasteiger partial charge in [0.05, 0.1) is 20.7 Å². The van der Waals surface area contributed by atoms with Gasteiger partial charge in [0.15, 0.2) is 6.54 Å². The van der Waals surface area contributed by atoms with Crippen LogP contribution in [0.4, 0.5) is 0 Å². The molecule has 0 radical (unpaired) electrons. The molecule has 28 heavy (non-hydrogen) atoms. The first-order valence-electron chi connectivity index (χ1n) is 10.6. The molecule has 0 aromatic heterocycles. The number of esters is 2. The molecule has 0 rings (SSSR count). The van der Waals surface area contributed by atoms with Crippen molar-refractivity contribution in [2.24, 2.45) is 0 Å². The lowest BCUT2D eigenvalue weighted by atomic mass is 10.1. The van der Waals surface area contributed by atoms with Crippen LogP contribution in [0, 0.1) is 0 Å². The molecular weight excluding hydrogens is 378 g/mol. The van der Waals surface area contributed by atoms with Crippen LogP contribution in [0.25, 0.3) is 0 Å². The molecule has 0 saturated carbocycles. The van der Waals surface area contributed by atoms with Gasteiger partial charge in [-0.15, -0.1) is 0 Å². The lowest BCUT2D eigenvalue weighted by molar-refractivity contribution is -0.883. The van der Waals surface area contributed by atoms with Crippen LogP contribution < -0.4 is 12.4 Å². The lowest BCUT2D eigenvalue weighted by Crippen LogP contribution is -3.00. The quantitative estimate of drug-likeness (QED) is 0.156. The number of hydrogen-bond donors (Lipinski definition) is 0. The lowest BCUT2D eigenvalue weighted by Gasteiger charge is -2.28. The summed E-state index contributed by atoms with van der Waals surface area (Å²) < 4.78 is 10.9. The minimum absolute atomic E-state index is 0. The van der Waals surface area contributed by atoms with E-state index >= 15 is 0 Å². The van der Waals surface area contributed by atoms with Crippen LogP contribution in [0.5, 0.6) is 0 Å². The van der Waals surface area contributed by atoms with Crippen LogP contribution in [0.1, 0.15) is 78.1 Å². The van der Waals surface area contributed by atoms with Crippen LogP contribution in [0.3, 0.4) is 0 Å². The fourth-order valence-electron chi connectivity index (χ4n) is 2.76. The Kier molecular flexibility index (Phi) is 18.7. The largest absolute Gasteiger partial charge is 1.00 e. The fourth-order valence-corrected chi connectivity index (χ4v) is 2.76. The molecule has 0 aromatic rings. The number of unbranched alkanes of at least 4 members (excludes halogenated alkanes) is 9. The van der Waals surface area contributed by atoms with E-state index in [4.69, 9.17) is 9.47 Å². The number of likely N-dealkylation sites (N-methyl/N-ethyl adjacent to an activating group) is 1. The molecule has 0 aliphatic heterocycles. The summed E-state index contributed by atoms with van der Waals surface area (Å²) in [5.74, 6) is -0.583. The predicted octanol–water partition coefficient (Wildman–Crippen LogP) is 1.65. The van der Waals surface area contributed by atoms with Crippen molar-refractivity contribution in [2.45, 2.75) is 78.1 Å². The maximum absolute atomic E-state index is 12.0. The molecule has 166 valence electrons. The van der Waals surface area contributed by atoms with Crippen LogP contribution in [0.2, 0.25) is 0 Å². The number of quaternary nitrogens is 1. The third kappa shape index (κ3) is 18.3. The summed E-state index contributed by atoms with van der Waals surface area (Å²) >= 11 is 0. The number of carbonyl (C=O) groups excluding carboxylic acids is 2. The summed E-state index contributed by atoms with van der Waals surface area (Å²) in [4.78, 5) is 23.3. The number of nitrogens with zero attached hydrogens (tertiary/aromatic N) is 1. The van der Waals surface area contributed by atoms with Gasteiger partial charge in [-0.05, 0) is 13.3 Å². The summed E-state index contributed by atoms with van der Waals surface area (Å²) in [6.07, 6.45) is 12.6. The smallest absolute Gasteiger partial charge is 0.361 e. The zero-order valence-electron chi connectivity index (χ0n) is 18.6. The van der Waals surface area contributed by atoms with Gasteiger partial charge in [-0.25, -0.2) is 9.59 Å². The van der Waals surface area contributed by atoms with Crippen molar-refractivity contribution in [3.8, 4) is 0 Å². The second kappa shape index (κ2) is 18.0. The number of rotatable bonds is 17. The molecule has 0 aromatic carbocycles. The number of carbonyl (C=O) groups is 2. The first kappa shape index (κ1) is 29.1. The van der Waals surface area contributed by atoms with Crippen molar-refractivity contribution in [3.63, 3.8) is 0 Å². The summed E-state index contributed by atoms with van der Waals surface area (Å²) in [5.41, 5.74) is 0.385. The average Bonchev–Trinajstić information content (AvgIpc) is 2.58. The Morgan fingerprint density at radius 2 is 1.32 bits per heavy atom. The fraction of sp³-hybridized carbons (Fsp3) is 0.818. The van der Waals surface area contributed by atoms with Gasteiger partial charge < -0.3 is 26.4 Å². The van der Waals surface area contributed by atoms with Gasteiger partial charge in [-0.3, -0.25) is 0 Å². The van der Waals surface area contributed by atoms with Gasteiger partial charge in [-0.1, -0.05) is 71.3 Å². The third-order valence-corrected chi connectivity index (χ3v) is 4.60. The molecule has 0 spiro atoms. The zero-order valence-corrected chi connectivity index (χ0v) is 19.3. The van der Waals surface area contributed by atoms with E-state index in [2.05, 4.69) is 13.5 Å². The van der Waals surface area contributed by atoms with Crippen LogP contribution in [0.15, 0.2) is 12.2 Å². The Morgan fingerprint density at radius 1 is 0.821 bits per heavy atom. The molecule has 0 aliphatic rings. The van der Waals surface area contributed by atoms with Crippen LogP contribution in [-0.4, -0.2) is 56.8 Å². The van der Waals surface area contributed by atoms with E-state index in [1.165, 1.54) is 51.4 Å². The number of halogens is 1. The van der Waals surface area contributed by atoms with Gasteiger partial charge >= 0.3 is 11.9 Å². The van der Waals surface area contributed by atoms with Gasteiger partial charge in [0.25, 0.3) is 0 Å². The summed E-state index contributed by atoms with van der Waals surface area (Å²) in [6, 6.07) is 0. The SMILES string of the molecule is C=C(C)C(=O)OCC[N+](C)(C)CC(=O)OCCCCCCCCCCCC.[Cl-]. The average molecular weight is 420 g/mol. The molecule has 6 heteroatoms. The highest BCUT2D eigenvalue weighted by atomic mass is 35.5. The molecular formula is C22H42ClNO4. The number of hydrogen-bond acceptors (Lipinski definition) is 4. The molecule has 5 nitrogen and oxygen atoms in total. The van der Waals surface area contributed by atoms with Crippen molar-refractivity contribution >= 4 is 11.9 Å². The Labute approximate surface area is 178 Å². The highest BCUT2D eigenvalue weighted by molar-refractivity contribution is 5.86. The first-order chi connectivity index (χ1) is 12.8. The Morgan fingerprint density at radius 3 is 1.82 bits per heavy atom. The topological polar surface area (TPSA) is 52.6 Å². The van der Waals surface area contributed by atoms with Gasteiger partial charge in [0, 0.05) is 5.57 Å².